The maximum absolute atomic E-state index is 11.9. The Kier molecular flexibility index (Phi) is 5.27. The van der Waals surface area contributed by atoms with Crippen LogP contribution in [0, 0.1) is 5.92 Å². The molecule has 8 nitrogen and oxygen atoms in total. The first-order valence-electron chi connectivity index (χ1n) is 10.4. The molecule has 2 N–H and O–H groups in total. The predicted octanol–water partition coefficient (Wildman–Crippen LogP) is 3.67. The minimum atomic E-state index is -0.158. The zero-order chi connectivity index (χ0) is 21.4. The number of hydrogen-bond donors (Lipinski definition) is 2. The summed E-state index contributed by atoms with van der Waals surface area (Å²) in [6.07, 6.45) is 5.17. The molecule has 1 saturated carbocycles. The van der Waals surface area contributed by atoms with Crippen LogP contribution in [0.1, 0.15) is 31.2 Å². The fourth-order valence-electron chi connectivity index (χ4n) is 3.81. The Morgan fingerprint density at radius 3 is 3.00 bits per heavy atom. The monoisotopic (exact) mass is 437 g/mol. The Balaban J connectivity index is 1.34. The van der Waals surface area contributed by atoms with E-state index in [0.717, 1.165) is 53.8 Å². The Morgan fingerprint density at radius 2 is 2.23 bits per heavy atom. The molecule has 9 heteroatoms. The van der Waals surface area contributed by atoms with Crippen molar-refractivity contribution in [2.24, 2.45) is 18.1 Å². The molecule has 0 radical (unpaired) electrons. The number of aromatic nitrogens is 2. The van der Waals surface area contributed by atoms with E-state index in [1.807, 2.05) is 41.9 Å². The molecule has 5 rings (SSSR count). The molecule has 1 aromatic carbocycles. The molecule has 2 amide bonds. The zero-order valence-electron chi connectivity index (χ0n) is 17.1. The van der Waals surface area contributed by atoms with Gasteiger partial charge in [-0.1, -0.05) is 17.8 Å². The molecule has 1 aliphatic heterocycles. The van der Waals surface area contributed by atoms with Gasteiger partial charge < -0.3 is 14.3 Å². The molecular formula is C22H23N5O3S. The highest BCUT2D eigenvalue weighted by atomic mass is 32.2. The van der Waals surface area contributed by atoms with Crippen LogP contribution in [-0.2, 0) is 11.8 Å². The van der Waals surface area contributed by atoms with Crippen molar-refractivity contribution < 1.29 is 14.0 Å². The molecule has 1 fully saturated rings. The first kappa shape index (κ1) is 19.9. The van der Waals surface area contributed by atoms with Crippen LogP contribution in [0.5, 0.6) is 0 Å². The van der Waals surface area contributed by atoms with Crippen LogP contribution in [-0.4, -0.2) is 38.2 Å². The van der Waals surface area contributed by atoms with Crippen molar-refractivity contribution >= 4 is 39.7 Å². The molecule has 0 bridgehead atoms. The Morgan fingerprint density at radius 1 is 1.35 bits per heavy atom. The third kappa shape index (κ3) is 4.10. The molecular weight excluding hydrogens is 414 g/mol. The first-order valence-corrected chi connectivity index (χ1v) is 11.3. The van der Waals surface area contributed by atoms with Gasteiger partial charge in [-0.3, -0.25) is 9.59 Å². The van der Waals surface area contributed by atoms with Gasteiger partial charge in [0.2, 0.25) is 5.91 Å². The van der Waals surface area contributed by atoms with E-state index >= 15 is 0 Å². The number of furan rings is 1. The smallest absolute Gasteiger partial charge is 0.299 e. The highest BCUT2D eigenvalue weighted by Crippen LogP contribution is 2.30. The van der Waals surface area contributed by atoms with Crippen molar-refractivity contribution in [3.05, 3.63) is 42.2 Å². The van der Waals surface area contributed by atoms with Crippen LogP contribution in [0.2, 0.25) is 0 Å². The van der Waals surface area contributed by atoms with Crippen molar-refractivity contribution in [3.63, 3.8) is 0 Å². The van der Waals surface area contributed by atoms with Gasteiger partial charge >= 0.3 is 0 Å². The van der Waals surface area contributed by atoms with Gasteiger partial charge in [-0.25, -0.2) is 10.4 Å². The summed E-state index contributed by atoms with van der Waals surface area (Å²) >= 11 is 1.24. The van der Waals surface area contributed by atoms with Crippen LogP contribution in [0.15, 0.2) is 46.1 Å². The molecule has 0 spiro atoms. The Hall–Kier alpha value is -3.07. The summed E-state index contributed by atoms with van der Waals surface area (Å²) in [5.41, 5.74) is 6.16. The van der Waals surface area contributed by atoms with E-state index in [0.29, 0.717) is 12.3 Å². The third-order valence-corrected chi connectivity index (χ3v) is 6.68. The van der Waals surface area contributed by atoms with Crippen LogP contribution < -0.4 is 10.7 Å². The Bertz CT molecular complexity index is 1160. The summed E-state index contributed by atoms with van der Waals surface area (Å²) < 4.78 is 7.51. The van der Waals surface area contributed by atoms with Gasteiger partial charge in [0.1, 0.15) is 0 Å². The van der Waals surface area contributed by atoms with Crippen molar-refractivity contribution in [2.75, 3.05) is 6.54 Å². The number of thioether (sulfide) groups is 1. The first-order chi connectivity index (χ1) is 15.1. The number of amides is 2. The second kappa shape index (κ2) is 8.22. The van der Waals surface area contributed by atoms with Crippen LogP contribution in [0.4, 0.5) is 4.79 Å². The molecule has 0 saturated heterocycles. The lowest BCUT2D eigenvalue weighted by molar-refractivity contribution is -0.122. The number of imidazole rings is 1. The highest BCUT2D eigenvalue weighted by Gasteiger charge is 2.30. The van der Waals surface area contributed by atoms with Crippen molar-refractivity contribution in [3.8, 4) is 11.6 Å². The number of benzene rings is 1. The lowest BCUT2D eigenvalue weighted by atomic mass is 10.0. The van der Waals surface area contributed by atoms with Crippen molar-refractivity contribution in [1.29, 1.82) is 0 Å². The second-order valence-electron chi connectivity index (χ2n) is 7.89. The SMILES string of the molecule is Cn1c(-c2ccco2)nc2cc(C3=NNC(=O)SC3CCCNC(=O)C3CC3)ccc21. The number of fused-ring (bicyclic) bond motifs is 1. The summed E-state index contributed by atoms with van der Waals surface area (Å²) in [5, 5.41) is 7.11. The number of nitrogens with one attached hydrogen (secondary N) is 2. The molecule has 3 heterocycles. The maximum atomic E-state index is 11.9. The molecule has 2 aromatic heterocycles. The standard InChI is InChI=1S/C22H23N5O3S/c1-27-16-9-8-14(12-15(16)24-20(27)17-4-3-11-30-17)19-18(31-22(29)26-25-19)5-2-10-23-21(28)13-6-7-13/h3-4,8-9,11-13,18H,2,5-7,10H2,1H3,(H,23,28)(H,26,29). The van der Waals surface area contributed by atoms with E-state index in [1.54, 1.807) is 6.26 Å². The van der Waals surface area contributed by atoms with E-state index in [2.05, 4.69) is 15.8 Å². The van der Waals surface area contributed by atoms with Gasteiger partial charge in [-0.2, -0.15) is 5.10 Å². The molecule has 1 unspecified atom stereocenters. The number of rotatable bonds is 7. The second-order valence-corrected chi connectivity index (χ2v) is 9.06. The van der Waals surface area contributed by atoms with E-state index in [4.69, 9.17) is 9.40 Å². The number of carbonyl (C=O) groups is 2. The normalized spacial score (nSPS) is 18.7. The fourth-order valence-corrected chi connectivity index (χ4v) is 4.75. The van der Waals surface area contributed by atoms with Crippen LogP contribution in [0.3, 0.4) is 0 Å². The summed E-state index contributed by atoms with van der Waals surface area (Å²) in [4.78, 5) is 28.5. The molecule has 2 aliphatic rings. The van der Waals surface area contributed by atoms with E-state index in [-0.39, 0.29) is 22.3 Å². The quantitative estimate of drug-likeness (QED) is 0.549. The zero-order valence-corrected chi connectivity index (χ0v) is 17.9. The molecule has 1 atom stereocenters. The molecule has 3 aromatic rings. The van der Waals surface area contributed by atoms with Crippen molar-refractivity contribution in [2.45, 2.75) is 30.9 Å². The Labute approximate surface area is 183 Å². The van der Waals surface area contributed by atoms with Gasteiger partial charge in [0.15, 0.2) is 11.6 Å². The van der Waals surface area contributed by atoms with Crippen molar-refractivity contribution in [1.82, 2.24) is 20.3 Å². The topological polar surface area (TPSA) is 102 Å². The highest BCUT2D eigenvalue weighted by molar-refractivity contribution is 8.14. The third-order valence-electron chi connectivity index (χ3n) is 5.63. The average Bonchev–Trinajstić information content (AvgIpc) is 3.39. The number of aryl methyl sites for hydroxylation is 1. The lowest BCUT2D eigenvalue weighted by Crippen LogP contribution is -2.33. The van der Waals surface area contributed by atoms with E-state index in [9.17, 15) is 9.59 Å². The number of nitrogens with zero attached hydrogens (tertiary/aromatic N) is 3. The average molecular weight is 438 g/mol. The summed E-state index contributed by atoms with van der Waals surface area (Å²) in [6, 6.07) is 9.75. The molecule has 31 heavy (non-hydrogen) atoms. The minimum Gasteiger partial charge on any atom is -0.461 e. The van der Waals surface area contributed by atoms with Crippen LogP contribution in [0.25, 0.3) is 22.6 Å². The number of carbonyl (C=O) groups excluding carboxylic acids is 2. The van der Waals surface area contributed by atoms with E-state index in [1.165, 1.54) is 11.8 Å². The predicted molar refractivity (Wildman–Crippen MR) is 120 cm³/mol. The molecule has 160 valence electrons. The lowest BCUT2D eigenvalue weighted by Gasteiger charge is -2.22. The van der Waals surface area contributed by atoms with Gasteiger partial charge in [0.05, 0.1) is 28.3 Å². The minimum absolute atomic E-state index is 0.0720. The fraction of sp³-hybridized carbons (Fsp3) is 0.364. The largest absolute Gasteiger partial charge is 0.461 e. The van der Waals surface area contributed by atoms with Gasteiger partial charge in [-0.15, -0.1) is 0 Å². The van der Waals surface area contributed by atoms with Gasteiger partial charge in [0.25, 0.3) is 5.24 Å². The van der Waals surface area contributed by atoms with E-state index < -0.39 is 0 Å². The summed E-state index contributed by atoms with van der Waals surface area (Å²) in [7, 11) is 1.96. The number of hydrogen-bond acceptors (Lipinski definition) is 6. The van der Waals surface area contributed by atoms with Gasteiger partial charge in [0, 0.05) is 25.1 Å². The summed E-state index contributed by atoms with van der Waals surface area (Å²) in [6.45, 7) is 0.618. The summed E-state index contributed by atoms with van der Waals surface area (Å²) in [5.74, 6) is 1.83. The van der Waals surface area contributed by atoms with Gasteiger partial charge in [-0.05, 0) is 49.9 Å². The maximum Gasteiger partial charge on any atom is 0.299 e. The number of hydrazone groups is 1. The van der Waals surface area contributed by atoms with Crippen LogP contribution >= 0.6 is 11.8 Å². The molecule has 1 aliphatic carbocycles.